The molecule has 0 radical (unpaired) electrons. The Balaban J connectivity index is 0.000000175. The maximum absolute atomic E-state index is 11.8. The summed E-state index contributed by atoms with van der Waals surface area (Å²) in [5.74, 6) is 0.729. The largest absolute Gasteiger partial charge is 0.479 e. The van der Waals surface area contributed by atoms with Crippen LogP contribution in [-0.4, -0.2) is 62.0 Å². The molecular weight excluding hydrogens is 922 g/mol. The first-order valence-corrected chi connectivity index (χ1v) is 23.1. The summed E-state index contributed by atoms with van der Waals surface area (Å²) >= 11 is 12.9. The Labute approximate surface area is 414 Å². The highest BCUT2D eigenvalue weighted by Crippen LogP contribution is 2.46. The normalized spacial score (nSPS) is 11.5. The number of pyridine rings is 2. The lowest BCUT2D eigenvalue weighted by molar-refractivity contribution is 0.141. The molecule has 6 aromatic carbocycles. The Morgan fingerprint density at radius 1 is 0.529 bits per heavy atom. The number of rotatable bonds is 13. The zero-order valence-corrected chi connectivity index (χ0v) is 39.9. The maximum Gasteiger partial charge on any atom is 0.407 e. The lowest BCUT2D eigenvalue weighted by Gasteiger charge is -2.36. The van der Waals surface area contributed by atoms with Gasteiger partial charge in [0.1, 0.15) is 28.0 Å². The maximum atomic E-state index is 11.8. The van der Waals surface area contributed by atoms with Crippen LogP contribution in [0.1, 0.15) is 44.8 Å². The Bertz CT molecular complexity index is 3170. The average molecular weight is 969 g/mol. The molecule has 350 valence electrons. The van der Waals surface area contributed by atoms with Gasteiger partial charge in [0.25, 0.3) is 0 Å². The first-order valence-electron chi connectivity index (χ1n) is 22.3. The number of methoxy groups -OCH3 is 2. The molecule has 10 rings (SSSR count). The number of aromatic nitrogens is 6. The highest BCUT2D eigenvalue weighted by molar-refractivity contribution is 6.30. The molecule has 4 aromatic heterocycles. The number of hydrogen-bond acceptors (Lipinski definition) is 9. The van der Waals surface area contributed by atoms with Crippen LogP contribution in [0.3, 0.4) is 0 Å². The standard InChI is InChI=1S/C29H25ClN4O3.C27H22ClN3O2/c1-31-28(35)37-19-23-26-24(18-25(30)32-23)34(33-27(26)36-2)29(20-12-6-3-7-13-20,21-14-8-4-9-15-21)22-16-10-5-11-17-22;1-33-26-25-22(18-32)29-24(28)17-23(25)31(30-26)27(19-11-5-2-6-12-19,20-13-7-3-8-14-20)21-15-9-4-10-16-21/h3-18H,19H2,1-2H3,(H,31,35);2-17,32H,18H2,1H3. The second kappa shape index (κ2) is 20.7. The molecule has 0 aliphatic heterocycles. The van der Waals surface area contributed by atoms with Crippen molar-refractivity contribution >= 4 is 51.1 Å². The van der Waals surface area contributed by atoms with E-state index in [1.54, 1.807) is 26.4 Å². The van der Waals surface area contributed by atoms with Crippen LogP contribution in [0.15, 0.2) is 194 Å². The fraction of sp³-hybridized carbons (Fsp3) is 0.125. The average Bonchev–Trinajstić information content (AvgIpc) is 3.98. The van der Waals surface area contributed by atoms with E-state index < -0.39 is 17.2 Å². The van der Waals surface area contributed by atoms with Crippen molar-refractivity contribution < 1.29 is 24.1 Å². The number of halogens is 2. The molecule has 1 amide bonds. The summed E-state index contributed by atoms with van der Waals surface area (Å²) in [6.07, 6.45) is -0.575. The van der Waals surface area contributed by atoms with Gasteiger partial charge in [-0.25, -0.2) is 24.1 Å². The van der Waals surface area contributed by atoms with Gasteiger partial charge in [-0.15, -0.1) is 10.2 Å². The smallest absolute Gasteiger partial charge is 0.407 e. The molecule has 0 aliphatic rings. The number of fused-ring (bicyclic) bond motifs is 2. The topological polar surface area (TPSA) is 138 Å². The van der Waals surface area contributed by atoms with Crippen molar-refractivity contribution in [2.24, 2.45) is 0 Å². The second-order valence-corrected chi connectivity index (χ2v) is 16.8. The van der Waals surface area contributed by atoms with Gasteiger partial charge in [-0.3, -0.25) is 0 Å². The quantitative estimate of drug-likeness (QED) is 0.0854. The summed E-state index contributed by atoms with van der Waals surface area (Å²) in [6.45, 7) is -0.387. The number of alkyl carbamates (subject to hydrolysis) is 1. The number of nitrogens with zero attached hydrogens (tertiary/aromatic N) is 6. The molecule has 10 aromatic rings. The lowest BCUT2D eigenvalue weighted by atomic mass is 9.77. The monoisotopic (exact) mass is 967 g/mol. The van der Waals surface area contributed by atoms with E-state index in [2.05, 4.69) is 88.1 Å². The minimum atomic E-state index is -0.886. The van der Waals surface area contributed by atoms with Gasteiger partial charge in [-0.05, 0) is 33.4 Å². The van der Waals surface area contributed by atoms with Crippen LogP contribution in [0.2, 0.25) is 10.3 Å². The molecule has 0 bridgehead atoms. The van der Waals surface area contributed by atoms with Gasteiger partial charge >= 0.3 is 6.09 Å². The van der Waals surface area contributed by atoms with E-state index in [1.807, 2.05) is 119 Å². The van der Waals surface area contributed by atoms with E-state index in [1.165, 1.54) is 7.05 Å². The van der Waals surface area contributed by atoms with E-state index in [4.69, 9.17) is 47.6 Å². The van der Waals surface area contributed by atoms with Crippen LogP contribution >= 0.6 is 23.2 Å². The molecule has 12 nitrogen and oxygen atoms in total. The van der Waals surface area contributed by atoms with Gasteiger partial charge in [-0.2, -0.15) is 0 Å². The summed E-state index contributed by atoms with van der Waals surface area (Å²) in [5, 5.41) is 24.2. The molecule has 0 unspecified atom stereocenters. The minimum Gasteiger partial charge on any atom is -0.479 e. The van der Waals surface area contributed by atoms with Gasteiger partial charge in [0, 0.05) is 19.2 Å². The number of carbonyl (C=O) groups excluding carboxylic acids is 1. The van der Waals surface area contributed by atoms with Crippen molar-refractivity contribution in [2.75, 3.05) is 21.3 Å². The fourth-order valence-corrected chi connectivity index (χ4v) is 9.73. The Morgan fingerprint density at radius 3 is 1.11 bits per heavy atom. The lowest BCUT2D eigenvalue weighted by Crippen LogP contribution is -2.38. The minimum absolute atomic E-state index is 0.103. The first-order chi connectivity index (χ1) is 34.3. The number of aliphatic hydroxyl groups is 1. The molecule has 0 atom stereocenters. The van der Waals surface area contributed by atoms with Crippen molar-refractivity contribution in [3.63, 3.8) is 0 Å². The van der Waals surface area contributed by atoms with Gasteiger partial charge in [0.15, 0.2) is 0 Å². The number of carbonyl (C=O) groups is 1. The van der Waals surface area contributed by atoms with Crippen molar-refractivity contribution in [1.29, 1.82) is 0 Å². The van der Waals surface area contributed by atoms with Crippen LogP contribution in [0, 0.1) is 0 Å². The van der Waals surface area contributed by atoms with Crippen molar-refractivity contribution in [3.8, 4) is 11.8 Å². The molecule has 0 fully saturated rings. The van der Waals surface area contributed by atoms with Gasteiger partial charge in [0.2, 0.25) is 11.8 Å². The summed E-state index contributed by atoms with van der Waals surface area (Å²) in [5.41, 5.74) is 6.59. The number of aliphatic hydroxyl groups excluding tert-OH is 1. The summed E-state index contributed by atoms with van der Waals surface area (Å²) in [7, 11) is 4.62. The summed E-state index contributed by atoms with van der Waals surface area (Å²) < 4.78 is 20.6. The van der Waals surface area contributed by atoms with Crippen LogP contribution in [0.4, 0.5) is 4.79 Å². The highest BCUT2D eigenvalue weighted by Gasteiger charge is 2.43. The SMILES string of the molecule is CNC(=O)OCc1nc(Cl)cc2c1c(OC)nn2C(c1ccccc1)(c1ccccc1)c1ccccc1.COc1nn(C(c2ccccc2)(c2ccccc2)c2ccccc2)c2cc(Cl)nc(CO)c12. The molecule has 0 saturated carbocycles. The molecule has 0 saturated heterocycles. The molecule has 2 N–H and O–H groups in total. The zero-order chi connectivity index (χ0) is 48.7. The fourth-order valence-electron chi connectivity index (χ4n) is 9.32. The summed E-state index contributed by atoms with van der Waals surface area (Å²) in [6, 6.07) is 64.7. The number of benzene rings is 6. The third kappa shape index (κ3) is 8.46. The number of ether oxygens (including phenoxy) is 3. The Hall–Kier alpha value is -8.03. The molecule has 4 heterocycles. The van der Waals surface area contributed by atoms with Crippen LogP contribution < -0.4 is 14.8 Å². The summed E-state index contributed by atoms with van der Waals surface area (Å²) in [4.78, 5) is 20.6. The Morgan fingerprint density at radius 2 is 0.829 bits per heavy atom. The molecule has 0 aliphatic carbocycles. The van der Waals surface area contributed by atoms with Crippen molar-refractivity contribution in [2.45, 2.75) is 24.3 Å². The zero-order valence-electron chi connectivity index (χ0n) is 38.4. The van der Waals surface area contributed by atoms with Crippen molar-refractivity contribution in [1.82, 2.24) is 34.8 Å². The first kappa shape index (κ1) is 47.1. The number of nitrogens with one attached hydrogen (secondary N) is 1. The molecule has 14 heteroatoms. The van der Waals surface area contributed by atoms with E-state index >= 15 is 0 Å². The molecule has 70 heavy (non-hydrogen) atoms. The van der Waals surface area contributed by atoms with E-state index in [0.717, 1.165) is 33.4 Å². The van der Waals surface area contributed by atoms with Crippen LogP contribution in [-0.2, 0) is 29.0 Å². The molecule has 0 spiro atoms. The third-order valence-corrected chi connectivity index (χ3v) is 12.6. The highest BCUT2D eigenvalue weighted by atomic mass is 35.5. The molecular formula is C56H47Cl2N7O5. The van der Waals surface area contributed by atoms with Gasteiger partial charge in [-0.1, -0.05) is 205 Å². The second-order valence-electron chi connectivity index (χ2n) is 16.0. The van der Waals surface area contributed by atoms with Crippen molar-refractivity contribution in [3.05, 3.63) is 249 Å². The van der Waals surface area contributed by atoms with Gasteiger partial charge in [0.05, 0.1) is 54.0 Å². The third-order valence-electron chi connectivity index (χ3n) is 12.2. The predicted octanol–water partition coefficient (Wildman–Crippen LogP) is 11.2. The van der Waals surface area contributed by atoms with E-state index in [0.29, 0.717) is 45.0 Å². The number of hydrogen-bond donors (Lipinski definition) is 2. The van der Waals surface area contributed by atoms with E-state index in [-0.39, 0.29) is 23.5 Å². The van der Waals surface area contributed by atoms with E-state index in [9.17, 15) is 9.90 Å². The Kier molecular flexibility index (Phi) is 13.9. The van der Waals surface area contributed by atoms with Gasteiger partial charge < -0.3 is 24.6 Å². The van der Waals surface area contributed by atoms with Crippen LogP contribution in [0.25, 0.3) is 21.8 Å². The number of amides is 1. The van der Waals surface area contributed by atoms with Crippen LogP contribution in [0.5, 0.6) is 11.8 Å². The predicted molar refractivity (Wildman–Crippen MR) is 273 cm³/mol.